The molecule has 1 aromatic carbocycles. The summed E-state index contributed by atoms with van der Waals surface area (Å²) in [6.07, 6.45) is -0.00657. The summed E-state index contributed by atoms with van der Waals surface area (Å²) in [5.41, 5.74) is 8.00. The van der Waals surface area contributed by atoms with Crippen LogP contribution in [0.1, 0.15) is 12.0 Å². The van der Waals surface area contributed by atoms with Gasteiger partial charge in [0.15, 0.2) is 5.78 Å². The molecule has 1 aliphatic heterocycles. The molecule has 1 saturated heterocycles. The number of nitrogens with two attached hydrogens (primary N) is 1. The van der Waals surface area contributed by atoms with Crippen LogP contribution in [0, 0.1) is 6.92 Å². The maximum atomic E-state index is 11.5. The summed E-state index contributed by atoms with van der Waals surface area (Å²) < 4.78 is 0. The summed E-state index contributed by atoms with van der Waals surface area (Å²) in [6, 6.07) is 5.47. The van der Waals surface area contributed by atoms with Crippen LogP contribution in [0.2, 0.25) is 0 Å². The highest BCUT2D eigenvalue weighted by Gasteiger charge is 2.29. The number of carbonyl (C=O) groups excluding carboxylic acids is 2. The molecule has 2 rings (SSSR count). The number of aryl methyl sites for hydroxylation is 1. The number of Topliss-reactive ketones (excluding diaryl/α,β-unsaturated/α-hetero) is 1. The molecule has 0 atom stereocenters. The van der Waals surface area contributed by atoms with Crippen LogP contribution in [0.3, 0.4) is 0 Å². The van der Waals surface area contributed by atoms with Gasteiger partial charge >= 0.3 is 0 Å². The van der Waals surface area contributed by atoms with E-state index in [4.69, 9.17) is 5.73 Å². The van der Waals surface area contributed by atoms with E-state index in [0.29, 0.717) is 11.4 Å². The van der Waals surface area contributed by atoms with Crippen molar-refractivity contribution in [2.45, 2.75) is 13.3 Å². The highest BCUT2D eigenvalue weighted by Crippen LogP contribution is 2.28. The number of carbonyl (C=O) groups is 2. The van der Waals surface area contributed by atoms with Crippen molar-refractivity contribution in [3.8, 4) is 0 Å². The predicted molar refractivity (Wildman–Crippen MR) is 57.6 cm³/mol. The lowest BCUT2D eigenvalue weighted by Crippen LogP contribution is -2.25. The topological polar surface area (TPSA) is 63.4 Å². The number of anilines is 2. The van der Waals surface area contributed by atoms with Gasteiger partial charge in [0.2, 0.25) is 5.91 Å². The SMILES string of the molecule is Cc1cccc(N2CC(=O)CC2=O)c1N. The maximum absolute atomic E-state index is 11.5. The van der Waals surface area contributed by atoms with Crippen molar-refractivity contribution in [3.05, 3.63) is 23.8 Å². The monoisotopic (exact) mass is 204 g/mol. The molecular weight excluding hydrogens is 192 g/mol. The van der Waals surface area contributed by atoms with Gasteiger partial charge in [-0.15, -0.1) is 0 Å². The molecule has 0 saturated carbocycles. The second kappa shape index (κ2) is 3.38. The van der Waals surface area contributed by atoms with Crippen molar-refractivity contribution >= 4 is 23.1 Å². The summed E-state index contributed by atoms with van der Waals surface area (Å²) in [5, 5.41) is 0. The van der Waals surface area contributed by atoms with Crippen LogP contribution in [0.25, 0.3) is 0 Å². The third kappa shape index (κ3) is 1.58. The summed E-state index contributed by atoms with van der Waals surface area (Å²) in [4.78, 5) is 24.1. The van der Waals surface area contributed by atoms with Crippen LogP contribution in [0.4, 0.5) is 11.4 Å². The Kier molecular flexibility index (Phi) is 2.19. The molecule has 0 bridgehead atoms. The summed E-state index contributed by atoms with van der Waals surface area (Å²) in [6.45, 7) is 2.02. The number of para-hydroxylation sites is 1. The molecule has 15 heavy (non-hydrogen) atoms. The number of rotatable bonds is 1. The van der Waals surface area contributed by atoms with Crippen LogP contribution >= 0.6 is 0 Å². The van der Waals surface area contributed by atoms with Crippen molar-refractivity contribution < 1.29 is 9.59 Å². The quantitative estimate of drug-likeness (QED) is 0.545. The molecule has 1 fully saturated rings. The summed E-state index contributed by atoms with van der Waals surface area (Å²) in [5.74, 6) is -0.224. The van der Waals surface area contributed by atoms with Gasteiger partial charge < -0.3 is 10.6 Å². The molecule has 0 radical (unpaired) electrons. The molecular formula is C11H12N2O2. The molecule has 0 aromatic heterocycles. The van der Waals surface area contributed by atoms with Crippen molar-refractivity contribution in [2.75, 3.05) is 17.2 Å². The van der Waals surface area contributed by atoms with Crippen LogP contribution in [-0.4, -0.2) is 18.2 Å². The van der Waals surface area contributed by atoms with Gasteiger partial charge in [-0.3, -0.25) is 9.59 Å². The predicted octanol–water partition coefficient (Wildman–Crippen LogP) is 0.883. The van der Waals surface area contributed by atoms with Gasteiger partial charge in [0.25, 0.3) is 0 Å². The lowest BCUT2D eigenvalue weighted by atomic mass is 10.1. The number of hydrogen-bond acceptors (Lipinski definition) is 3. The van der Waals surface area contributed by atoms with Gasteiger partial charge in [0, 0.05) is 0 Å². The van der Waals surface area contributed by atoms with E-state index in [1.54, 1.807) is 6.07 Å². The Labute approximate surface area is 87.7 Å². The van der Waals surface area contributed by atoms with E-state index < -0.39 is 0 Å². The summed E-state index contributed by atoms with van der Waals surface area (Å²) >= 11 is 0. The van der Waals surface area contributed by atoms with Crippen LogP contribution in [0.15, 0.2) is 18.2 Å². The van der Waals surface area contributed by atoms with Gasteiger partial charge in [0.1, 0.15) is 0 Å². The third-order valence-corrected chi connectivity index (χ3v) is 2.58. The number of hydrogen-bond donors (Lipinski definition) is 1. The molecule has 1 amide bonds. The maximum Gasteiger partial charge on any atom is 0.234 e. The van der Waals surface area contributed by atoms with E-state index in [-0.39, 0.29) is 24.7 Å². The molecule has 0 aliphatic carbocycles. The van der Waals surface area contributed by atoms with E-state index in [9.17, 15) is 9.59 Å². The Morgan fingerprint density at radius 1 is 1.33 bits per heavy atom. The van der Waals surface area contributed by atoms with Crippen LogP contribution in [-0.2, 0) is 9.59 Å². The van der Waals surface area contributed by atoms with Crippen molar-refractivity contribution in [1.82, 2.24) is 0 Å². The first-order valence-corrected chi connectivity index (χ1v) is 4.77. The molecule has 4 heteroatoms. The first-order valence-electron chi connectivity index (χ1n) is 4.77. The molecule has 1 aliphatic rings. The van der Waals surface area contributed by atoms with E-state index >= 15 is 0 Å². The fraction of sp³-hybridized carbons (Fsp3) is 0.273. The third-order valence-electron chi connectivity index (χ3n) is 2.58. The second-order valence-electron chi connectivity index (χ2n) is 3.70. The fourth-order valence-corrected chi connectivity index (χ4v) is 1.70. The minimum atomic E-state index is -0.169. The number of benzene rings is 1. The lowest BCUT2D eigenvalue weighted by molar-refractivity contribution is -0.121. The zero-order valence-electron chi connectivity index (χ0n) is 8.49. The van der Waals surface area contributed by atoms with E-state index in [2.05, 4.69) is 0 Å². The van der Waals surface area contributed by atoms with Crippen molar-refractivity contribution in [3.63, 3.8) is 0 Å². The minimum absolute atomic E-state index is 0.00657. The zero-order chi connectivity index (χ0) is 11.0. The average molecular weight is 204 g/mol. The summed E-state index contributed by atoms with van der Waals surface area (Å²) in [7, 11) is 0. The lowest BCUT2D eigenvalue weighted by Gasteiger charge is -2.17. The first-order chi connectivity index (χ1) is 7.09. The Morgan fingerprint density at radius 3 is 2.67 bits per heavy atom. The molecule has 78 valence electrons. The number of ketones is 1. The standard InChI is InChI=1S/C11H12N2O2/c1-7-3-2-4-9(11(7)12)13-6-8(14)5-10(13)15/h2-4H,5-6,12H2,1H3. The Balaban J connectivity index is 2.42. The van der Waals surface area contributed by atoms with Gasteiger partial charge in [-0.05, 0) is 18.6 Å². The highest BCUT2D eigenvalue weighted by molar-refractivity contribution is 6.16. The Bertz CT molecular complexity index is 440. The van der Waals surface area contributed by atoms with Crippen molar-refractivity contribution in [1.29, 1.82) is 0 Å². The number of amides is 1. The van der Waals surface area contributed by atoms with Crippen molar-refractivity contribution in [2.24, 2.45) is 0 Å². The number of nitrogens with zero attached hydrogens (tertiary/aromatic N) is 1. The molecule has 1 aromatic rings. The van der Waals surface area contributed by atoms with Crippen LogP contribution < -0.4 is 10.6 Å². The molecule has 1 heterocycles. The Morgan fingerprint density at radius 2 is 2.07 bits per heavy atom. The highest BCUT2D eigenvalue weighted by atomic mass is 16.2. The van der Waals surface area contributed by atoms with Gasteiger partial charge in [-0.2, -0.15) is 0 Å². The average Bonchev–Trinajstić information content (AvgIpc) is 2.50. The molecule has 0 spiro atoms. The van der Waals surface area contributed by atoms with Gasteiger partial charge in [-0.25, -0.2) is 0 Å². The van der Waals surface area contributed by atoms with Gasteiger partial charge in [-0.1, -0.05) is 12.1 Å². The van der Waals surface area contributed by atoms with E-state index in [1.807, 2.05) is 19.1 Å². The smallest absolute Gasteiger partial charge is 0.234 e. The first kappa shape index (κ1) is 9.71. The fourth-order valence-electron chi connectivity index (χ4n) is 1.70. The zero-order valence-corrected chi connectivity index (χ0v) is 8.49. The Hall–Kier alpha value is -1.84. The second-order valence-corrected chi connectivity index (χ2v) is 3.70. The molecule has 4 nitrogen and oxygen atoms in total. The van der Waals surface area contributed by atoms with Gasteiger partial charge in [0.05, 0.1) is 24.3 Å². The van der Waals surface area contributed by atoms with E-state index in [0.717, 1.165) is 5.56 Å². The molecule has 2 N–H and O–H groups in total. The van der Waals surface area contributed by atoms with Crippen LogP contribution in [0.5, 0.6) is 0 Å². The van der Waals surface area contributed by atoms with E-state index in [1.165, 1.54) is 4.90 Å². The minimum Gasteiger partial charge on any atom is -0.397 e. The largest absolute Gasteiger partial charge is 0.397 e. The normalized spacial score (nSPS) is 16.2. The number of nitrogen functional groups attached to an aromatic ring is 1. The molecule has 0 unspecified atom stereocenters.